The number of hydrogen-bond donors (Lipinski definition) is 1. The number of aromatic nitrogens is 5. The summed E-state index contributed by atoms with van der Waals surface area (Å²) < 4.78 is 25.2. The normalized spacial score (nSPS) is 16.3. The van der Waals surface area contributed by atoms with Crippen LogP contribution in [0.2, 0.25) is 0 Å². The molecule has 1 saturated heterocycles. The molecular weight excluding hydrogens is 473 g/mol. The van der Waals surface area contributed by atoms with Crippen LogP contribution in [0, 0.1) is 0 Å². The highest BCUT2D eigenvalue weighted by molar-refractivity contribution is 6.62. The lowest BCUT2D eigenvalue weighted by molar-refractivity contribution is 0.00578. The van der Waals surface area contributed by atoms with Crippen molar-refractivity contribution in [3.05, 3.63) is 58.4 Å². The number of benzene rings is 2. The average molecular weight is 503 g/mol. The first-order valence-corrected chi connectivity index (χ1v) is 12.2. The third kappa shape index (κ3) is 4.60. The van der Waals surface area contributed by atoms with Gasteiger partial charge in [0.2, 0.25) is 0 Å². The maximum Gasteiger partial charge on any atom is 0.494 e. The Morgan fingerprint density at radius 3 is 2.41 bits per heavy atom. The minimum atomic E-state index is -0.539. The molecule has 11 heteroatoms. The third-order valence-electron chi connectivity index (χ3n) is 6.95. The zero-order valence-electron chi connectivity index (χ0n) is 21.9. The maximum atomic E-state index is 12.9. The summed E-state index contributed by atoms with van der Waals surface area (Å²) in [4.78, 5) is 20.5. The highest BCUT2D eigenvalue weighted by atomic mass is 16.7. The lowest BCUT2D eigenvalue weighted by Crippen LogP contribution is -2.41. The van der Waals surface area contributed by atoms with Crippen molar-refractivity contribution in [3.8, 4) is 22.9 Å². The van der Waals surface area contributed by atoms with Crippen LogP contribution in [-0.2, 0) is 15.9 Å². The van der Waals surface area contributed by atoms with Gasteiger partial charge in [0.05, 0.1) is 37.0 Å². The molecule has 1 fully saturated rings. The Hall–Kier alpha value is -3.70. The van der Waals surface area contributed by atoms with Crippen molar-refractivity contribution >= 4 is 23.7 Å². The van der Waals surface area contributed by atoms with Crippen LogP contribution in [0.15, 0.2) is 47.3 Å². The van der Waals surface area contributed by atoms with Gasteiger partial charge >= 0.3 is 7.12 Å². The molecule has 5 rings (SSSR count). The molecule has 10 nitrogen and oxygen atoms in total. The summed E-state index contributed by atoms with van der Waals surface area (Å²) in [6.45, 7) is 10.8. The standard InChI is InChI=1S/C26H30BN5O5/c1-7-35-20-14-17(27-36-25(2,3)26(4,5)37-27)10-13-19(20)22-28-23-21(24(33)29-22)30-31-32(23)15-16-8-11-18(34-6)12-9-16/h8-14H,7,15H2,1-6H3,(H,28,29,33). The summed E-state index contributed by atoms with van der Waals surface area (Å²) >= 11 is 0. The van der Waals surface area contributed by atoms with Crippen LogP contribution in [0.3, 0.4) is 0 Å². The van der Waals surface area contributed by atoms with E-state index in [-0.39, 0.29) is 11.1 Å². The molecule has 0 atom stereocenters. The van der Waals surface area contributed by atoms with Gasteiger partial charge in [-0.05, 0) is 69.9 Å². The second-order valence-corrected chi connectivity index (χ2v) is 9.96. The van der Waals surface area contributed by atoms with Crippen LogP contribution in [0.25, 0.3) is 22.6 Å². The summed E-state index contributed by atoms with van der Waals surface area (Å²) in [5, 5.41) is 8.22. The Morgan fingerprint density at radius 2 is 1.76 bits per heavy atom. The number of aromatic amines is 1. The number of nitrogens with zero attached hydrogens (tertiary/aromatic N) is 4. The molecule has 4 aromatic rings. The number of fused-ring (bicyclic) bond motifs is 1. The smallest absolute Gasteiger partial charge is 0.494 e. The maximum absolute atomic E-state index is 12.9. The van der Waals surface area contributed by atoms with E-state index in [2.05, 4.69) is 15.3 Å². The summed E-state index contributed by atoms with van der Waals surface area (Å²) in [5.41, 5.74) is 1.68. The molecule has 3 heterocycles. The summed E-state index contributed by atoms with van der Waals surface area (Å²) in [7, 11) is 1.08. The Labute approximate surface area is 215 Å². The zero-order valence-corrected chi connectivity index (χ0v) is 21.9. The minimum Gasteiger partial charge on any atom is -0.497 e. The van der Waals surface area contributed by atoms with Crippen LogP contribution < -0.4 is 20.5 Å². The fourth-order valence-corrected chi connectivity index (χ4v) is 4.14. The first-order chi connectivity index (χ1) is 17.6. The van der Waals surface area contributed by atoms with Crippen molar-refractivity contribution in [1.82, 2.24) is 25.0 Å². The topological polar surface area (TPSA) is 113 Å². The SMILES string of the molecule is CCOc1cc(B2OC(C)(C)C(C)(C)O2)ccc1-c1nc2c(nnn2Cc2ccc(OC)cc2)c(=O)[nH]1. The van der Waals surface area contributed by atoms with Gasteiger partial charge in [-0.25, -0.2) is 9.67 Å². The number of methoxy groups -OCH3 is 1. The van der Waals surface area contributed by atoms with Crippen LogP contribution in [0.4, 0.5) is 0 Å². The Bertz CT molecular complexity index is 1480. The zero-order chi connectivity index (χ0) is 26.4. The molecular formula is C26H30BN5O5. The highest BCUT2D eigenvalue weighted by Gasteiger charge is 2.51. The van der Waals surface area contributed by atoms with E-state index in [1.165, 1.54) is 0 Å². The molecule has 0 aliphatic carbocycles. The molecule has 0 saturated carbocycles. The predicted molar refractivity (Wildman–Crippen MR) is 140 cm³/mol. The Kier molecular flexibility index (Phi) is 6.29. The first-order valence-electron chi connectivity index (χ1n) is 12.2. The second-order valence-electron chi connectivity index (χ2n) is 9.96. The summed E-state index contributed by atoms with van der Waals surface area (Å²) in [6, 6.07) is 13.2. The Morgan fingerprint density at radius 1 is 1.05 bits per heavy atom. The molecule has 0 amide bonds. The monoisotopic (exact) mass is 503 g/mol. The number of hydrogen-bond acceptors (Lipinski definition) is 8. The van der Waals surface area contributed by atoms with Crippen molar-refractivity contribution < 1.29 is 18.8 Å². The molecule has 2 aromatic heterocycles. The van der Waals surface area contributed by atoms with Gasteiger partial charge in [0.1, 0.15) is 17.3 Å². The molecule has 1 aliphatic heterocycles. The molecule has 0 spiro atoms. The van der Waals surface area contributed by atoms with Gasteiger partial charge < -0.3 is 23.8 Å². The molecule has 2 aromatic carbocycles. The molecule has 0 bridgehead atoms. The molecule has 0 radical (unpaired) electrons. The number of nitrogens with one attached hydrogen (secondary N) is 1. The van der Waals surface area contributed by atoms with Crippen molar-refractivity contribution in [2.45, 2.75) is 52.4 Å². The van der Waals surface area contributed by atoms with Gasteiger partial charge in [-0.3, -0.25) is 4.79 Å². The molecule has 1 aliphatic rings. The number of rotatable bonds is 7. The molecule has 0 unspecified atom stereocenters. The predicted octanol–water partition coefficient (Wildman–Crippen LogP) is 2.94. The van der Waals surface area contributed by atoms with Crippen molar-refractivity contribution in [3.63, 3.8) is 0 Å². The van der Waals surface area contributed by atoms with E-state index < -0.39 is 18.3 Å². The first kappa shape index (κ1) is 25.0. The van der Waals surface area contributed by atoms with E-state index in [9.17, 15) is 4.79 Å². The fourth-order valence-electron chi connectivity index (χ4n) is 4.14. The average Bonchev–Trinajstić information content (AvgIpc) is 3.36. The van der Waals surface area contributed by atoms with Gasteiger partial charge in [-0.2, -0.15) is 0 Å². The summed E-state index contributed by atoms with van der Waals surface area (Å²) in [5.74, 6) is 1.68. The van der Waals surface area contributed by atoms with E-state index in [1.807, 2.05) is 77.1 Å². The van der Waals surface area contributed by atoms with E-state index >= 15 is 0 Å². The second kappa shape index (κ2) is 9.31. The van der Waals surface area contributed by atoms with E-state index in [4.69, 9.17) is 23.8 Å². The van der Waals surface area contributed by atoms with Gasteiger partial charge in [-0.15, -0.1) is 5.10 Å². The largest absolute Gasteiger partial charge is 0.497 e. The third-order valence-corrected chi connectivity index (χ3v) is 6.95. The minimum absolute atomic E-state index is 0.170. The van der Waals surface area contributed by atoms with Gasteiger partial charge in [-0.1, -0.05) is 23.4 Å². The van der Waals surface area contributed by atoms with E-state index in [1.54, 1.807) is 11.8 Å². The van der Waals surface area contributed by atoms with Crippen LogP contribution >= 0.6 is 0 Å². The number of H-pyrrole nitrogens is 1. The van der Waals surface area contributed by atoms with Gasteiger partial charge in [0.25, 0.3) is 5.56 Å². The molecule has 192 valence electrons. The van der Waals surface area contributed by atoms with Gasteiger partial charge in [0.15, 0.2) is 11.2 Å². The highest BCUT2D eigenvalue weighted by Crippen LogP contribution is 2.37. The summed E-state index contributed by atoms with van der Waals surface area (Å²) in [6.07, 6.45) is 0. The van der Waals surface area contributed by atoms with E-state index in [0.717, 1.165) is 16.8 Å². The van der Waals surface area contributed by atoms with Crippen molar-refractivity contribution in [2.24, 2.45) is 0 Å². The molecule has 37 heavy (non-hydrogen) atoms. The number of ether oxygens (including phenoxy) is 2. The fraction of sp³-hybridized carbons (Fsp3) is 0.385. The van der Waals surface area contributed by atoms with Gasteiger partial charge in [0, 0.05) is 0 Å². The lowest BCUT2D eigenvalue weighted by Gasteiger charge is -2.32. The van der Waals surface area contributed by atoms with Crippen LogP contribution in [0.1, 0.15) is 40.2 Å². The van der Waals surface area contributed by atoms with Crippen molar-refractivity contribution in [1.29, 1.82) is 0 Å². The lowest BCUT2D eigenvalue weighted by atomic mass is 9.78. The molecule has 1 N–H and O–H groups in total. The quantitative estimate of drug-likeness (QED) is 0.383. The van der Waals surface area contributed by atoms with Crippen LogP contribution in [0.5, 0.6) is 11.5 Å². The van der Waals surface area contributed by atoms with E-state index in [0.29, 0.717) is 35.9 Å². The van der Waals surface area contributed by atoms with Crippen molar-refractivity contribution in [2.75, 3.05) is 13.7 Å². The van der Waals surface area contributed by atoms with Crippen LogP contribution in [-0.4, -0.2) is 57.0 Å². The Balaban J connectivity index is 1.52.